The third kappa shape index (κ3) is 29.1. The molecule has 7 heteroatoms. The molecule has 5 N–H and O–H groups in total. The number of rotatable bonds is 12. The SMILES string of the molecule is CC(O)C[N+](C)(C)C.CCCCC(CC)C(=O)O.CCCCC(CC)C(=O)[O-].N. The molecule has 0 bridgehead atoms. The van der Waals surface area contributed by atoms with Gasteiger partial charge in [0.15, 0.2) is 0 Å². The number of hydrogen-bond acceptors (Lipinski definition) is 5. The summed E-state index contributed by atoms with van der Waals surface area (Å²) in [5, 5.41) is 27.8. The van der Waals surface area contributed by atoms with E-state index in [1.54, 1.807) is 0 Å². The Morgan fingerprint density at radius 2 is 1.28 bits per heavy atom. The van der Waals surface area contributed by atoms with Crippen LogP contribution in [0.25, 0.3) is 0 Å². The summed E-state index contributed by atoms with van der Waals surface area (Å²) >= 11 is 0. The van der Waals surface area contributed by atoms with E-state index in [0.717, 1.165) is 56.0 Å². The second kappa shape index (κ2) is 21.5. The Bertz CT molecular complexity index is 356. The Morgan fingerprint density at radius 3 is 1.45 bits per heavy atom. The highest BCUT2D eigenvalue weighted by molar-refractivity contribution is 5.69. The lowest BCUT2D eigenvalue weighted by Crippen LogP contribution is -2.40. The minimum atomic E-state index is -0.893. The van der Waals surface area contributed by atoms with Crippen LogP contribution in [0, 0.1) is 11.8 Å². The number of quaternary nitrogens is 1. The van der Waals surface area contributed by atoms with Crippen LogP contribution in [0.4, 0.5) is 0 Å². The van der Waals surface area contributed by atoms with Crippen molar-refractivity contribution in [1.82, 2.24) is 6.15 Å². The molecule has 0 aromatic heterocycles. The minimum Gasteiger partial charge on any atom is -0.550 e. The third-order valence-electron chi connectivity index (χ3n) is 4.29. The molecule has 0 saturated carbocycles. The van der Waals surface area contributed by atoms with E-state index in [9.17, 15) is 14.7 Å². The van der Waals surface area contributed by atoms with Crippen molar-refractivity contribution in [3.63, 3.8) is 0 Å². The van der Waals surface area contributed by atoms with E-state index in [4.69, 9.17) is 10.2 Å². The molecule has 178 valence electrons. The lowest BCUT2D eigenvalue weighted by atomic mass is 10.00. The van der Waals surface area contributed by atoms with Crippen molar-refractivity contribution >= 4 is 11.9 Å². The van der Waals surface area contributed by atoms with Gasteiger partial charge in [-0.2, -0.15) is 0 Å². The molecule has 3 unspecified atom stereocenters. The van der Waals surface area contributed by atoms with Crippen LogP contribution in [0.5, 0.6) is 0 Å². The van der Waals surface area contributed by atoms with Crippen molar-refractivity contribution < 1.29 is 29.4 Å². The van der Waals surface area contributed by atoms with Gasteiger partial charge in [-0.3, -0.25) is 4.79 Å². The van der Waals surface area contributed by atoms with Gasteiger partial charge in [0.1, 0.15) is 12.6 Å². The topological polar surface area (TPSA) is 133 Å². The molecular formula is C22H50N2O5. The zero-order valence-corrected chi connectivity index (χ0v) is 20.4. The molecule has 0 rings (SSSR count). The first-order valence-corrected chi connectivity index (χ1v) is 10.8. The number of carboxylic acid groups (broad SMARTS) is 2. The second-order valence-electron chi connectivity index (χ2n) is 8.47. The smallest absolute Gasteiger partial charge is 0.306 e. The van der Waals surface area contributed by atoms with E-state index in [2.05, 4.69) is 35.0 Å². The van der Waals surface area contributed by atoms with Crippen LogP contribution in [0.1, 0.15) is 86.0 Å². The minimum absolute atomic E-state index is 0. The van der Waals surface area contributed by atoms with Crippen LogP contribution in [-0.4, -0.2) is 60.4 Å². The molecule has 0 spiro atoms. The zero-order valence-electron chi connectivity index (χ0n) is 20.4. The Balaban J connectivity index is -0.000000160. The van der Waals surface area contributed by atoms with Crippen LogP contribution < -0.4 is 11.3 Å². The second-order valence-corrected chi connectivity index (χ2v) is 8.47. The van der Waals surface area contributed by atoms with Gasteiger partial charge in [0.2, 0.25) is 0 Å². The standard InChI is InChI=1S/2C8H16O2.C6H16NO.H3N/c2*1-3-5-6-7(4-2)8(9)10;1-6(8)5-7(2,3)4;/h2*7H,3-6H2,1-2H3,(H,9,10);6,8H,5H2,1-4H3;1H3/q;;+1;/p-1. The molecule has 0 fully saturated rings. The van der Waals surface area contributed by atoms with E-state index in [-0.39, 0.29) is 24.1 Å². The summed E-state index contributed by atoms with van der Waals surface area (Å²) in [5.74, 6) is -1.87. The molecule has 0 radical (unpaired) electrons. The Kier molecular flexibility index (Phi) is 26.2. The average Bonchev–Trinajstić information content (AvgIpc) is 2.54. The van der Waals surface area contributed by atoms with Crippen molar-refractivity contribution in [2.75, 3.05) is 27.7 Å². The number of unbranched alkanes of at least 4 members (excludes halogenated alkanes) is 2. The molecule has 0 aromatic rings. The number of aliphatic carboxylic acids is 2. The summed E-state index contributed by atoms with van der Waals surface area (Å²) in [5.41, 5.74) is 0. The number of hydrogen-bond donors (Lipinski definition) is 3. The first-order chi connectivity index (χ1) is 12.9. The molecular weight excluding hydrogens is 372 g/mol. The number of nitrogens with zero attached hydrogens (tertiary/aromatic N) is 1. The van der Waals surface area contributed by atoms with Crippen LogP contribution in [0.2, 0.25) is 0 Å². The first kappa shape index (κ1) is 35.3. The average molecular weight is 423 g/mol. The summed E-state index contributed by atoms with van der Waals surface area (Å²) in [6, 6.07) is 0. The maximum absolute atomic E-state index is 10.4. The maximum atomic E-state index is 10.4. The summed E-state index contributed by atoms with van der Waals surface area (Å²) in [6.45, 7) is 10.6. The summed E-state index contributed by atoms with van der Waals surface area (Å²) < 4.78 is 0.831. The molecule has 0 aliphatic heterocycles. The number of aliphatic hydroxyl groups is 1. The van der Waals surface area contributed by atoms with Gasteiger partial charge in [-0.25, -0.2) is 0 Å². The predicted molar refractivity (Wildman–Crippen MR) is 119 cm³/mol. The fourth-order valence-corrected chi connectivity index (χ4v) is 2.68. The highest BCUT2D eigenvalue weighted by atomic mass is 16.4. The van der Waals surface area contributed by atoms with Gasteiger partial charge in [-0.05, 0) is 38.5 Å². The van der Waals surface area contributed by atoms with Crippen molar-refractivity contribution in [2.45, 2.75) is 92.1 Å². The van der Waals surface area contributed by atoms with Gasteiger partial charge < -0.3 is 30.7 Å². The van der Waals surface area contributed by atoms with Crippen LogP contribution >= 0.6 is 0 Å². The number of aliphatic hydroxyl groups excluding tert-OH is 1. The summed E-state index contributed by atoms with van der Waals surface area (Å²) in [6.07, 6.45) is 7.05. The number of carbonyl (C=O) groups excluding carboxylic acids is 1. The molecule has 0 aromatic carbocycles. The van der Waals surface area contributed by atoms with Crippen LogP contribution in [0.3, 0.4) is 0 Å². The van der Waals surface area contributed by atoms with Crippen molar-refractivity contribution in [1.29, 1.82) is 0 Å². The van der Waals surface area contributed by atoms with E-state index >= 15 is 0 Å². The molecule has 7 nitrogen and oxygen atoms in total. The zero-order chi connectivity index (χ0) is 22.8. The summed E-state index contributed by atoms with van der Waals surface area (Å²) in [7, 11) is 6.19. The number of carboxylic acids is 2. The van der Waals surface area contributed by atoms with Gasteiger partial charge in [-0.15, -0.1) is 0 Å². The lowest BCUT2D eigenvalue weighted by molar-refractivity contribution is -0.873. The molecule has 0 aliphatic rings. The normalized spacial score (nSPS) is 13.4. The van der Waals surface area contributed by atoms with Crippen LogP contribution in [0.15, 0.2) is 0 Å². The largest absolute Gasteiger partial charge is 0.550 e. The Labute approximate surface area is 179 Å². The van der Waals surface area contributed by atoms with Crippen molar-refractivity contribution in [3.8, 4) is 0 Å². The monoisotopic (exact) mass is 422 g/mol. The number of carbonyl (C=O) groups is 2. The maximum Gasteiger partial charge on any atom is 0.306 e. The molecule has 3 atom stereocenters. The van der Waals surface area contributed by atoms with E-state index in [1.165, 1.54) is 0 Å². The molecule has 0 amide bonds. The highest BCUT2D eigenvalue weighted by Gasteiger charge is 2.13. The Hall–Kier alpha value is -1.18. The molecule has 0 saturated heterocycles. The van der Waals surface area contributed by atoms with Gasteiger partial charge in [0.25, 0.3) is 0 Å². The Morgan fingerprint density at radius 1 is 0.897 bits per heavy atom. The number of likely N-dealkylation sites (N-methyl/N-ethyl adjacent to an activating group) is 1. The molecule has 29 heavy (non-hydrogen) atoms. The van der Waals surface area contributed by atoms with E-state index in [1.807, 2.05) is 20.8 Å². The lowest BCUT2D eigenvalue weighted by Gasteiger charge is -2.24. The fourth-order valence-electron chi connectivity index (χ4n) is 2.68. The molecule has 0 heterocycles. The third-order valence-corrected chi connectivity index (χ3v) is 4.29. The quantitative estimate of drug-likeness (QED) is 0.412. The van der Waals surface area contributed by atoms with Gasteiger partial charge in [0, 0.05) is 5.97 Å². The van der Waals surface area contributed by atoms with Gasteiger partial charge >= 0.3 is 5.97 Å². The first-order valence-electron chi connectivity index (χ1n) is 10.8. The summed E-state index contributed by atoms with van der Waals surface area (Å²) in [4.78, 5) is 20.8. The van der Waals surface area contributed by atoms with Gasteiger partial charge in [-0.1, -0.05) is 53.4 Å². The van der Waals surface area contributed by atoms with Crippen LogP contribution in [-0.2, 0) is 9.59 Å². The van der Waals surface area contributed by atoms with Crippen molar-refractivity contribution in [2.24, 2.45) is 11.8 Å². The van der Waals surface area contributed by atoms with E-state index in [0.29, 0.717) is 6.42 Å². The predicted octanol–water partition coefficient (Wildman–Crippen LogP) is 3.48. The highest BCUT2D eigenvalue weighted by Crippen LogP contribution is 2.12. The van der Waals surface area contributed by atoms with Crippen molar-refractivity contribution in [3.05, 3.63) is 0 Å². The fraction of sp³-hybridized carbons (Fsp3) is 0.909. The van der Waals surface area contributed by atoms with E-state index < -0.39 is 11.9 Å². The van der Waals surface area contributed by atoms with Gasteiger partial charge in [0.05, 0.1) is 27.1 Å². The molecule has 0 aliphatic carbocycles.